The molecule has 0 saturated carbocycles. The van der Waals surface area contributed by atoms with Crippen LogP contribution in [-0.2, 0) is 13.0 Å². The molecule has 0 bridgehead atoms. The summed E-state index contributed by atoms with van der Waals surface area (Å²) >= 11 is 3.42. The summed E-state index contributed by atoms with van der Waals surface area (Å²) in [5.41, 5.74) is 1.05. The standard InChI is InChI=1S/C14H19BrN4/c1-3-16-13(12-6-5-11(15)10-18-12)9-14-17-7-8-19(14)4-2/h5-8,10,13,16H,3-4,9H2,1-2H3. The van der Waals surface area contributed by atoms with Crippen LogP contribution in [-0.4, -0.2) is 21.1 Å². The zero-order chi connectivity index (χ0) is 13.7. The van der Waals surface area contributed by atoms with E-state index >= 15 is 0 Å². The summed E-state index contributed by atoms with van der Waals surface area (Å²) in [6.07, 6.45) is 6.57. The highest BCUT2D eigenvalue weighted by Gasteiger charge is 2.15. The second-order valence-electron chi connectivity index (χ2n) is 4.35. The van der Waals surface area contributed by atoms with Crippen molar-refractivity contribution in [1.82, 2.24) is 19.9 Å². The first-order valence-corrected chi connectivity index (χ1v) is 7.38. The number of aryl methyl sites for hydroxylation is 1. The summed E-state index contributed by atoms with van der Waals surface area (Å²) in [5, 5.41) is 3.48. The molecule has 19 heavy (non-hydrogen) atoms. The van der Waals surface area contributed by atoms with Crippen LogP contribution < -0.4 is 5.32 Å². The molecule has 2 rings (SSSR count). The highest BCUT2D eigenvalue weighted by Crippen LogP contribution is 2.17. The predicted octanol–water partition coefficient (Wildman–Crippen LogP) is 2.95. The third kappa shape index (κ3) is 3.64. The Bertz CT molecular complexity index is 506. The molecule has 0 aliphatic heterocycles. The first-order valence-electron chi connectivity index (χ1n) is 6.59. The van der Waals surface area contributed by atoms with Gasteiger partial charge in [0.2, 0.25) is 0 Å². The van der Waals surface area contributed by atoms with Crippen molar-refractivity contribution < 1.29 is 0 Å². The third-order valence-electron chi connectivity index (χ3n) is 3.09. The highest BCUT2D eigenvalue weighted by molar-refractivity contribution is 9.10. The molecule has 2 heterocycles. The zero-order valence-corrected chi connectivity index (χ0v) is 12.9. The molecule has 1 unspecified atom stereocenters. The van der Waals surface area contributed by atoms with E-state index in [9.17, 15) is 0 Å². The quantitative estimate of drug-likeness (QED) is 0.889. The fourth-order valence-corrected chi connectivity index (χ4v) is 2.36. The summed E-state index contributed by atoms with van der Waals surface area (Å²) in [6, 6.07) is 4.28. The maximum Gasteiger partial charge on any atom is 0.110 e. The minimum atomic E-state index is 0.200. The number of nitrogens with one attached hydrogen (secondary N) is 1. The first kappa shape index (κ1) is 14.2. The van der Waals surface area contributed by atoms with Crippen LogP contribution in [0.4, 0.5) is 0 Å². The fourth-order valence-electron chi connectivity index (χ4n) is 2.12. The molecule has 0 fully saturated rings. The first-order chi connectivity index (χ1) is 9.24. The van der Waals surface area contributed by atoms with Gasteiger partial charge in [0.25, 0.3) is 0 Å². The smallest absolute Gasteiger partial charge is 0.110 e. The molecule has 0 aromatic carbocycles. The van der Waals surface area contributed by atoms with Gasteiger partial charge in [0, 0.05) is 36.0 Å². The van der Waals surface area contributed by atoms with Crippen molar-refractivity contribution in [3.05, 3.63) is 46.7 Å². The van der Waals surface area contributed by atoms with E-state index in [-0.39, 0.29) is 6.04 Å². The summed E-state index contributed by atoms with van der Waals surface area (Å²) < 4.78 is 3.17. The molecule has 1 N–H and O–H groups in total. The maximum absolute atomic E-state index is 4.49. The molecule has 0 radical (unpaired) electrons. The van der Waals surface area contributed by atoms with Crippen LogP contribution in [0, 0.1) is 0 Å². The van der Waals surface area contributed by atoms with Crippen LogP contribution in [0.1, 0.15) is 31.4 Å². The highest BCUT2D eigenvalue weighted by atomic mass is 79.9. The Hall–Kier alpha value is -1.20. The number of halogens is 1. The van der Waals surface area contributed by atoms with E-state index in [0.717, 1.165) is 35.5 Å². The molecule has 2 aromatic rings. The van der Waals surface area contributed by atoms with Crippen molar-refractivity contribution in [2.75, 3.05) is 6.54 Å². The lowest BCUT2D eigenvalue weighted by Crippen LogP contribution is -2.25. The fraction of sp³-hybridized carbons (Fsp3) is 0.429. The number of hydrogen-bond acceptors (Lipinski definition) is 3. The third-order valence-corrected chi connectivity index (χ3v) is 3.56. The van der Waals surface area contributed by atoms with Gasteiger partial charge < -0.3 is 9.88 Å². The molecule has 0 spiro atoms. The van der Waals surface area contributed by atoms with Gasteiger partial charge in [-0.3, -0.25) is 4.98 Å². The Morgan fingerprint density at radius 1 is 1.32 bits per heavy atom. The molecule has 102 valence electrons. The molecule has 0 aliphatic carbocycles. The molecular formula is C14H19BrN4. The summed E-state index contributed by atoms with van der Waals surface area (Å²) in [4.78, 5) is 8.92. The van der Waals surface area contributed by atoms with Gasteiger partial charge in [-0.15, -0.1) is 0 Å². The van der Waals surface area contributed by atoms with E-state index in [2.05, 4.69) is 55.7 Å². The van der Waals surface area contributed by atoms with Crippen LogP contribution in [0.2, 0.25) is 0 Å². The van der Waals surface area contributed by atoms with Gasteiger partial charge in [-0.05, 0) is 41.5 Å². The van der Waals surface area contributed by atoms with Gasteiger partial charge in [0.15, 0.2) is 0 Å². The molecule has 0 amide bonds. The lowest BCUT2D eigenvalue weighted by atomic mass is 10.1. The van der Waals surface area contributed by atoms with Crippen molar-refractivity contribution in [1.29, 1.82) is 0 Å². The van der Waals surface area contributed by atoms with Gasteiger partial charge in [-0.1, -0.05) is 6.92 Å². The monoisotopic (exact) mass is 322 g/mol. The van der Waals surface area contributed by atoms with E-state index in [1.54, 1.807) is 0 Å². The van der Waals surface area contributed by atoms with E-state index in [4.69, 9.17) is 0 Å². The largest absolute Gasteiger partial charge is 0.335 e. The molecule has 2 aromatic heterocycles. The Balaban J connectivity index is 2.18. The van der Waals surface area contributed by atoms with Crippen LogP contribution >= 0.6 is 15.9 Å². The van der Waals surface area contributed by atoms with Gasteiger partial charge >= 0.3 is 0 Å². The van der Waals surface area contributed by atoms with Crippen LogP contribution in [0.25, 0.3) is 0 Å². The average Bonchev–Trinajstić information content (AvgIpc) is 2.86. The normalized spacial score (nSPS) is 12.6. The summed E-state index contributed by atoms with van der Waals surface area (Å²) in [5.74, 6) is 1.10. The summed E-state index contributed by atoms with van der Waals surface area (Å²) in [6.45, 7) is 6.10. The number of aromatic nitrogens is 3. The van der Waals surface area contributed by atoms with Crippen molar-refractivity contribution in [3.63, 3.8) is 0 Å². The number of hydrogen-bond donors (Lipinski definition) is 1. The Morgan fingerprint density at radius 2 is 2.16 bits per heavy atom. The Labute approximate surface area is 122 Å². The Kier molecular flexibility index (Phi) is 5.10. The number of imidazole rings is 1. The summed E-state index contributed by atoms with van der Waals surface area (Å²) in [7, 11) is 0. The van der Waals surface area contributed by atoms with Gasteiger partial charge in [-0.25, -0.2) is 4.98 Å². The van der Waals surface area contributed by atoms with Gasteiger partial charge in [0.05, 0.1) is 11.7 Å². The molecule has 1 atom stereocenters. The van der Waals surface area contributed by atoms with Crippen LogP contribution in [0.3, 0.4) is 0 Å². The van der Waals surface area contributed by atoms with Crippen molar-refractivity contribution in [3.8, 4) is 0 Å². The maximum atomic E-state index is 4.49. The second-order valence-corrected chi connectivity index (χ2v) is 5.26. The van der Waals surface area contributed by atoms with E-state index in [0.29, 0.717) is 0 Å². The molecule has 0 saturated heterocycles. The van der Waals surface area contributed by atoms with E-state index in [1.807, 2.05) is 24.7 Å². The minimum absolute atomic E-state index is 0.200. The van der Waals surface area contributed by atoms with Crippen molar-refractivity contribution in [2.24, 2.45) is 0 Å². The van der Waals surface area contributed by atoms with Crippen LogP contribution in [0.5, 0.6) is 0 Å². The number of rotatable bonds is 6. The lowest BCUT2D eigenvalue weighted by molar-refractivity contribution is 0.511. The number of nitrogens with zero attached hydrogens (tertiary/aromatic N) is 3. The molecular weight excluding hydrogens is 304 g/mol. The Morgan fingerprint density at radius 3 is 2.79 bits per heavy atom. The minimum Gasteiger partial charge on any atom is -0.335 e. The number of pyridine rings is 1. The number of likely N-dealkylation sites (N-methyl/N-ethyl adjacent to an activating group) is 1. The van der Waals surface area contributed by atoms with E-state index in [1.165, 1.54) is 0 Å². The molecule has 5 heteroatoms. The van der Waals surface area contributed by atoms with Crippen molar-refractivity contribution in [2.45, 2.75) is 32.9 Å². The van der Waals surface area contributed by atoms with Crippen molar-refractivity contribution >= 4 is 15.9 Å². The van der Waals surface area contributed by atoms with Gasteiger partial charge in [0.1, 0.15) is 5.82 Å². The van der Waals surface area contributed by atoms with Gasteiger partial charge in [-0.2, -0.15) is 0 Å². The SMILES string of the molecule is CCNC(Cc1nccn1CC)c1ccc(Br)cn1. The van der Waals surface area contributed by atoms with E-state index < -0.39 is 0 Å². The van der Waals surface area contributed by atoms with Crippen LogP contribution in [0.15, 0.2) is 35.2 Å². The average molecular weight is 323 g/mol. The lowest BCUT2D eigenvalue weighted by Gasteiger charge is -2.17. The zero-order valence-electron chi connectivity index (χ0n) is 11.3. The second kappa shape index (κ2) is 6.82. The molecule has 0 aliphatic rings. The topological polar surface area (TPSA) is 42.7 Å². The molecule has 4 nitrogen and oxygen atoms in total. The predicted molar refractivity (Wildman–Crippen MR) is 80.0 cm³/mol.